The first-order valence-corrected chi connectivity index (χ1v) is 18.4. The molecular weight excluding hydrogens is 657 g/mol. The Morgan fingerprint density at radius 3 is 1.30 bits per heavy atom. The molecule has 54 heavy (non-hydrogen) atoms. The maximum absolute atomic E-state index is 6.89. The van der Waals surface area contributed by atoms with Gasteiger partial charge in [-0.2, -0.15) is 0 Å². The van der Waals surface area contributed by atoms with E-state index in [1.165, 1.54) is 38.4 Å². The van der Waals surface area contributed by atoms with Gasteiger partial charge in [-0.3, -0.25) is 0 Å². The molecular formula is C52H32O2. The molecule has 0 aliphatic carbocycles. The quantitative estimate of drug-likeness (QED) is 0.185. The van der Waals surface area contributed by atoms with Crippen LogP contribution in [0.4, 0.5) is 0 Å². The summed E-state index contributed by atoms with van der Waals surface area (Å²) in [6, 6.07) is 69.1. The average molecular weight is 689 g/mol. The highest BCUT2D eigenvalue weighted by Crippen LogP contribution is 2.46. The highest BCUT2D eigenvalue weighted by atomic mass is 16.3. The number of fused-ring (bicyclic) bond motifs is 12. The van der Waals surface area contributed by atoms with Crippen molar-refractivity contribution >= 4 is 76.2 Å². The third kappa shape index (κ3) is 4.67. The van der Waals surface area contributed by atoms with Gasteiger partial charge in [-0.1, -0.05) is 176 Å². The van der Waals surface area contributed by atoms with Crippen LogP contribution < -0.4 is 0 Å². The van der Waals surface area contributed by atoms with E-state index in [-0.39, 0.29) is 0 Å². The van der Waals surface area contributed by atoms with Gasteiger partial charge in [0.15, 0.2) is 0 Å². The average Bonchev–Trinajstić information content (AvgIpc) is 3.81. The fourth-order valence-electron chi connectivity index (χ4n) is 8.52. The summed E-state index contributed by atoms with van der Waals surface area (Å²) in [4.78, 5) is 0. The van der Waals surface area contributed by atoms with Crippen molar-refractivity contribution in [2.45, 2.75) is 0 Å². The molecule has 0 N–H and O–H groups in total. The number of hydrogen-bond acceptors (Lipinski definition) is 2. The molecule has 0 unspecified atom stereocenters. The van der Waals surface area contributed by atoms with Crippen LogP contribution in [0.3, 0.4) is 0 Å². The normalized spacial score (nSPS) is 11.7. The van der Waals surface area contributed by atoms with Crippen LogP contribution in [0.25, 0.3) is 110 Å². The largest absolute Gasteiger partial charge is 0.455 e. The molecule has 0 atom stereocenters. The van der Waals surface area contributed by atoms with E-state index in [0.29, 0.717) is 0 Å². The van der Waals surface area contributed by atoms with Crippen LogP contribution in [-0.2, 0) is 0 Å². The molecule has 0 radical (unpaired) electrons. The minimum atomic E-state index is 0.850. The molecule has 11 aromatic rings. The van der Waals surface area contributed by atoms with Gasteiger partial charge in [0.2, 0.25) is 0 Å². The fraction of sp³-hybridized carbons (Fsp3) is 0. The van der Waals surface area contributed by atoms with Crippen LogP contribution in [0.5, 0.6) is 0 Å². The van der Waals surface area contributed by atoms with Gasteiger partial charge in [0.1, 0.15) is 22.3 Å². The van der Waals surface area contributed by atoms with E-state index in [0.717, 1.165) is 71.2 Å². The Morgan fingerprint density at radius 1 is 0.241 bits per heavy atom. The fourth-order valence-corrected chi connectivity index (χ4v) is 8.52. The summed E-state index contributed by atoms with van der Waals surface area (Å²) in [6.45, 7) is 0. The number of furan rings is 2. The molecule has 2 aromatic heterocycles. The van der Waals surface area contributed by atoms with Gasteiger partial charge >= 0.3 is 0 Å². The Hall–Kier alpha value is -7.16. The lowest BCUT2D eigenvalue weighted by molar-refractivity contribution is 0.668. The summed E-state index contributed by atoms with van der Waals surface area (Å²) in [5.74, 6) is 0. The molecule has 0 saturated heterocycles. The molecule has 0 saturated carbocycles. The van der Waals surface area contributed by atoms with Crippen LogP contribution >= 0.6 is 0 Å². The summed E-state index contributed by atoms with van der Waals surface area (Å²) < 4.78 is 13.4. The summed E-state index contributed by atoms with van der Waals surface area (Å²) >= 11 is 0. The molecule has 0 aliphatic rings. The second kappa shape index (κ2) is 12.2. The molecule has 2 heterocycles. The van der Waals surface area contributed by atoms with Crippen LogP contribution in [0.15, 0.2) is 203 Å². The van der Waals surface area contributed by atoms with Crippen LogP contribution in [0.1, 0.15) is 0 Å². The molecule has 252 valence electrons. The van der Waals surface area contributed by atoms with Gasteiger partial charge < -0.3 is 8.83 Å². The van der Waals surface area contributed by atoms with E-state index in [4.69, 9.17) is 8.83 Å². The molecule has 11 rings (SSSR count). The van der Waals surface area contributed by atoms with Gasteiger partial charge in [-0.05, 0) is 73.1 Å². The molecule has 2 heteroatoms. The van der Waals surface area contributed by atoms with Crippen molar-refractivity contribution in [3.8, 4) is 33.4 Å². The Labute approximate surface area is 311 Å². The molecule has 9 aromatic carbocycles. The standard InChI is InChI=1S/C52H32O2/c1-2-7-19-41(42-31-30-36(33-16-4-3-5-17-33)38-21-9-11-23-40(38)42)39-22-10-8-20-37(39)35(18-6-1)34-28-29-46-48(32-34)54-52-44-25-13-12-24-43(44)51-49(50(46)52)45-26-14-15-27-47(45)53-51/h1-32H. The Morgan fingerprint density at radius 2 is 0.648 bits per heavy atom. The first-order valence-electron chi connectivity index (χ1n) is 18.4. The topological polar surface area (TPSA) is 26.3 Å². The van der Waals surface area contributed by atoms with Crippen LogP contribution in [0.2, 0.25) is 0 Å². The van der Waals surface area contributed by atoms with Crippen molar-refractivity contribution in [3.63, 3.8) is 0 Å². The number of hydrogen-bond donors (Lipinski definition) is 0. The van der Waals surface area contributed by atoms with Crippen LogP contribution in [-0.4, -0.2) is 0 Å². The summed E-state index contributed by atoms with van der Waals surface area (Å²) in [5, 5.41) is 11.3. The highest BCUT2D eigenvalue weighted by molar-refractivity contribution is 6.34. The van der Waals surface area contributed by atoms with Crippen molar-refractivity contribution in [1.82, 2.24) is 0 Å². The second-order valence-corrected chi connectivity index (χ2v) is 13.9. The van der Waals surface area contributed by atoms with E-state index in [2.05, 4.69) is 182 Å². The summed E-state index contributed by atoms with van der Waals surface area (Å²) in [6.07, 6.45) is 0. The maximum Gasteiger partial charge on any atom is 0.144 e. The molecule has 0 fully saturated rings. The van der Waals surface area contributed by atoms with E-state index in [1.54, 1.807) is 0 Å². The zero-order chi connectivity index (χ0) is 35.6. The number of benzene rings is 8. The Balaban J connectivity index is 1.18. The number of para-hydroxylation sites is 1. The Bertz CT molecular complexity index is 3330. The van der Waals surface area contributed by atoms with E-state index in [1.807, 2.05) is 12.1 Å². The first-order chi connectivity index (χ1) is 26.8. The molecule has 0 amide bonds. The molecule has 0 aliphatic heterocycles. The predicted molar refractivity (Wildman–Crippen MR) is 227 cm³/mol. The zero-order valence-electron chi connectivity index (χ0n) is 29.3. The summed E-state index contributed by atoms with van der Waals surface area (Å²) in [5.41, 5.74) is 10.5. The smallest absolute Gasteiger partial charge is 0.144 e. The van der Waals surface area contributed by atoms with Crippen molar-refractivity contribution < 1.29 is 8.83 Å². The molecule has 0 spiro atoms. The van der Waals surface area contributed by atoms with Gasteiger partial charge in [0, 0.05) is 32.3 Å². The third-order valence-corrected chi connectivity index (χ3v) is 10.9. The maximum atomic E-state index is 6.89. The van der Waals surface area contributed by atoms with Crippen molar-refractivity contribution in [2.75, 3.05) is 0 Å². The minimum Gasteiger partial charge on any atom is -0.455 e. The van der Waals surface area contributed by atoms with Crippen molar-refractivity contribution in [2.24, 2.45) is 0 Å². The second-order valence-electron chi connectivity index (χ2n) is 13.9. The van der Waals surface area contributed by atoms with E-state index in [9.17, 15) is 0 Å². The molecule has 0 bridgehead atoms. The van der Waals surface area contributed by atoms with Gasteiger partial charge in [0.25, 0.3) is 0 Å². The van der Waals surface area contributed by atoms with Gasteiger partial charge in [0.05, 0.1) is 0 Å². The third-order valence-electron chi connectivity index (χ3n) is 10.9. The lowest BCUT2D eigenvalue weighted by Gasteiger charge is -2.14. The van der Waals surface area contributed by atoms with Crippen LogP contribution in [0, 0.1) is 0 Å². The lowest BCUT2D eigenvalue weighted by Crippen LogP contribution is -1.87. The van der Waals surface area contributed by atoms with E-state index >= 15 is 0 Å². The number of rotatable bonds is 3. The van der Waals surface area contributed by atoms with E-state index < -0.39 is 0 Å². The zero-order valence-corrected chi connectivity index (χ0v) is 29.3. The highest BCUT2D eigenvalue weighted by Gasteiger charge is 2.21. The predicted octanol–water partition coefficient (Wildman–Crippen LogP) is 15.1. The van der Waals surface area contributed by atoms with Gasteiger partial charge in [-0.15, -0.1) is 0 Å². The van der Waals surface area contributed by atoms with Gasteiger partial charge in [-0.25, -0.2) is 0 Å². The minimum absolute atomic E-state index is 0.850. The first kappa shape index (κ1) is 30.5. The summed E-state index contributed by atoms with van der Waals surface area (Å²) in [7, 11) is 0. The SMILES string of the molecule is c1ccc(-c2ccc(-c3ccccccc(-c4ccc5c(c4)oc4c6ccccc6c6oc7ccccc7c6c54)c4ccccc34)c3ccccc23)cc1. The molecule has 2 nitrogen and oxygen atoms in total. The lowest BCUT2D eigenvalue weighted by atomic mass is 9.90. The monoisotopic (exact) mass is 688 g/mol. The van der Waals surface area contributed by atoms with Crippen molar-refractivity contribution in [1.29, 1.82) is 0 Å². The Kier molecular flexibility index (Phi) is 6.90. The van der Waals surface area contributed by atoms with Crippen molar-refractivity contribution in [3.05, 3.63) is 194 Å².